The van der Waals surface area contributed by atoms with Crippen molar-refractivity contribution in [1.82, 2.24) is 14.8 Å². The van der Waals surface area contributed by atoms with Gasteiger partial charge in [-0.3, -0.25) is 0 Å². The van der Waals surface area contributed by atoms with E-state index in [-0.39, 0.29) is 12.0 Å². The molecule has 2 rings (SSSR count). The minimum absolute atomic E-state index is 0.211. The predicted octanol–water partition coefficient (Wildman–Crippen LogP) is 2.89. The number of aromatic nitrogens is 3. The standard InChI is InChI=1S/C14H25N3O/c1-10(2)17-12(15-9-16-17)14(18)7-6-13(4,5)8-11(14)3/h9-11,18H,6-8H2,1-5H3. The second kappa shape index (κ2) is 4.34. The van der Waals surface area contributed by atoms with Crippen LogP contribution in [0.2, 0.25) is 0 Å². The van der Waals surface area contributed by atoms with E-state index in [0.29, 0.717) is 5.41 Å². The topological polar surface area (TPSA) is 50.9 Å². The third-order valence-corrected chi connectivity index (χ3v) is 4.31. The fourth-order valence-electron chi connectivity index (χ4n) is 3.15. The highest BCUT2D eigenvalue weighted by Crippen LogP contribution is 2.48. The summed E-state index contributed by atoms with van der Waals surface area (Å²) in [5, 5.41) is 15.3. The van der Waals surface area contributed by atoms with Gasteiger partial charge in [0.15, 0.2) is 5.82 Å². The lowest BCUT2D eigenvalue weighted by Gasteiger charge is -2.44. The normalized spacial score (nSPS) is 31.8. The van der Waals surface area contributed by atoms with Crippen LogP contribution in [-0.4, -0.2) is 19.9 Å². The maximum Gasteiger partial charge on any atom is 0.159 e. The molecule has 1 fully saturated rings. The lowest BCUT2D eigenvalue weighted by atomic mass is 9.65. The summed E-state index contributed by atoms with van der Waals surface area (Å²) in [7, 11) is 0. The van der Waals surface area contributed by atoms with Crippen molar-refractivity contribution in [2.24, 2.45) is 11.3 Å². The molecular formula is C14H25N3O. The molecule has 0 aliphatic heterocycles. The zero-order valence-electron chi connectivity index (χ0n) is 12.1. The zero-order chi connectivity index (χ0) is 13.6. The fraction of sp³-hybridized carbons (Fsp3) is 0.857. The first kappa shape index (κ1) is 13.5. The van der Waals surface area contributed by atoms with Crippen LogP contribution in [0.4, 0.5) is 0 Å². The van der Waals surface area contributed by atoms with Crippen molar-refractivity contribution >= 4 is 0 Å². The molecule has 102 valence electrons. The van der Waals surface area contributed by atoms with E-state index in [0.717, 1.165) is 25.1 Å². The maximum absolute atomic E-state index is 11.0. The van der Waals surface area contributed by atoms with Crippen LogP contribution in [-0.2, 0) is 5.60 Å². The van der Waals surface area contributed by atoms with E-state index in [1.807, 2.05) is 4.68 Å². The maximum atomic E-state index is 11.0. The van der Waals surface area contributed by atoms with E-state index in [1.165, 1.54) is 0 Å². The molecule has 0 saturated heterocycles. The average Bonchev–Trinajstić information content (AvgIpc) is 2.73. The van der Waals surface area contributed by atoms with Crippen LogP contribution in [0.15, 0.2) is 6.33 Å². The highest BCUT2D eigenvalue weighted by atomic mass is 16.3. The fourth-order valence-corrected chi connectivity index (χ4v) is 3.15. The molecule has 1 aliphatic carbocycles. The summed E-state index contributed by atoms with van der Waals surface area (Å²) < 4.78 is 1.86. The van der Waals surface area contributed by atoms with Crippen LogP contribution in [0.5, 0.6) is 0 Å². The van der Waals surface area contributed by atoms with Crippen LogP contribution >= 0.6 is 0 Å². The van der Waals surface area contributed by atoms with E-state index >= 15 is 0 Å². The molecule has 0 aromatic carbocycles. The van der Waals surface area contributed by atoms with E-state index in [1.54, 1.807) is 6.33 Å². The van der Waals surface area contributed by atoms with Gasteiger partial charge in [-0.05, 0) is 44.4 Å². The monoisotopic (exact) mass is 251 g/mol. The van der Waals surface area contributed by atoms with Crippen molar-refractivity contribution in [3.8, 4) is 0 Å². The second-order valence-electron chi connectivity index (χ2n) is 6.82. The molecule has 1 saturated carbocycles. The molecular weight excluding hydrogens is 226 g/mol. The molecule has 4 nitrogen and oxygen atoms in total. The van der Waals surface area contributed by atoms with Gasteiger partial charge in [-0.2, -0.15) is 5.10 Å². The van der Waals surface area contributed by atoms with Gasteiger partial charge >= 0.3 is 0 Å². The minimum atomic E-state index is -0.823. The number of hydrogen-bond donors (Lipinski definition) is 1. The number of aliphatic hydroxyl groups is 1. The Hall–Kier alpha value is -0.900. The van der Waals surface area contributed by atoms with E-state index in [2.05, 4.69) is 44.7 Å². The molecule has 4 heteroatoms. The molecule has 0 radical (unpaired) electrons. The molecule has 2 atom stereocenters. The molecule has 1 heterocycles. The van der Waals surface area contributed by atoms with Gasteiger partial charge in [-0.1, -0.05) is 20.8 Å². The van der Waals surface area contributed by atoms with Crippen molar-refractivity contribution in [3.05, 3.63) is 12.2 Å². The summed E-state index contributed by atoms with van der Waals surface area (Å²) in [6, 6.07) is 0.230. The molecule has 1 N–H and O–H groups in total. The highest BCUT2D eigenvalue weighted by Gasteiger charge is 2.46. The first-order valence-corrected chi connectivity index (χ1v) is 6.89. The van der Waals surface area contributed by atoms with Gasteiger partial charge < -0.3 is 5.11 Å². The van der Waals surface area contributed by atoms with Gasteiger partial charge in [0, 0.05) is 6.04 Å². The molecule has 0 amide bonds. The Morgan fingerprint density at radius 1 is 1.39 bits per heavy atom. The van der Waals surface area contributed by atoms with Crippen LogP contribution in [0, 0.1) is 11.3 Å². The van der Waals surface area contributed by atoms with Crippen molar-refractivity contribution in [3.63, 3.8) is 0 Å². The number of hydrogen-bond acceptors (Lipinski definition) is 3. The lowest BCUT2D eigenvalue weighted by Crippen LogP contribution is -2.43. The van der Waals surface area contributed by atoms with Crippen molar-refractivity contribution in [2.75, 3.05) is 0 Å². The quantitative estimate of drug-likeness (QED) is 0.879. The van der Waals surface area contributed by atoms with Gasteiger partial charge in [-0.25, -0.2) is 9.67 Å². The molecule has 1 aliphatic rings. The third kappa shape index (κ3) is 2.18. The van der Waals surface area contributed by atoms with Crippen LogP contribution < -0.4 is 0 Å². The minimum Gasteiger partial charge on any atom is -0.382 e. The van der Waals surface area contributed by atoms with E-state index in [9.17, 15) is 5.11 Å². The van der Waals surface area contributed by atoms with E-state index in [4.69, 9.17) is 0 Å². The Bertz CT molecular complexity index is 424. The largest absolute Gasteiger partial charge is 0.382 e. The summed E-state index contributed by atoms with van der Waals surface area (Å²) in [5.41, 5.74) is -0.509. The van der Waals surface area contributed by atoms with Gasteiger partial charge in [-0.15, -0.1) is 0 Å². The molecule has 18 heavy (non-hydrogen) atoms. The van der Waals surface area contributed by atoms with E-state index < -0.39 is 5.60 Å². The first-order chi connectivity index (χ1) is 8.26. The summed E-state index contributed by atoms with van der Waals surface area (Å²) >= 11 is 0. The Morgan fingerprint density at radius 3 is 2.61 bits per heavy atom. The average molecular weight is 251 g/mol. The smallest absolute Gasteiger partial charge is 0.159 e. The zero-order valence-corrected chi connectivity index (χ0v) is 12.1. The van der Waals surface area contributed by atoms with Crippen LogP contribution in [0.1, 0.15) is 65.7 Å². The highest BCUT2D eigenvalue weighted by molar-refractivity contribution is 5.08. The Labute approximate surface area is 109 Å². The number of rotatable bonds is 2. The summed E-state index contributed by atoms with van der Waals surface area (Å²) in [5.74, 6) is 0.948. The summed E-state index contributed by atoms with van der Waals surface area (Å²) in [6.07, 6.45) is 4.37. The summed E-state index contributed by atoms with van der Waals surface area (Å²) in [4.78, 5) is 4.33. The number of nitrogens with zero attached hydrogens (tertiary/aromatic N) is 3. The van der Waals surface area contributed by atoms with Crippen molar-refractivity contribution in [1.29, 1.82) is 0 Å². The lowest BCUT2D eigenvalue weighted by molar-refractivity contribution is -0.0866. The van der Waals surface area contributed by atoms with Crippen molar-refractivity contribution < 1.29 is 5.11 Å². The second-order valence-corrected chi connectivity index (χ2v) is 6.82. The molecule has 0 spiro atoms. The van der Waals surface area contributed by atoms with Gasteiger partial charge in [0.1, 0.15) is 11.9 Å². The van der Waals surface area contributed by atoms with Crippen LogP contribution in [0.25, 0.3) is 0 Å². The van der Waals surface area contributed by atoms with Gasteiger partial charge in [0.05, 0.1) is 0 Å². The third-order valence-electron chi connectivity index (χ3n) is 4.31. The Kier molecular flexibility index (Phi) is 3.26. The van der Waals surface area contributed by atoms with Gasteiger partial charge in [0.2, 0.25) is 0 Å². The Balaban J connectivity index is 2.34. The summed E-state index contributed by atoms with van der Waals surface area (Å²) in [6.45, 7) is 10.8. The predicted molar refractivity (Wildman–Crippen MR) is 71.1 cm³/mol. The molecule has 2 unspecified atom stereocenters. The molecule has 0 bridgehead atoms. The van der Waals surface area contributed by atoms with Crippen LogP contribution in [0.3, 0.4) is 0 Å². The molecule has 1 aromatic rings. The molecule has 1 aromatic heterocycles. The van der Waals surface area contributed by atoms with Gasteiger partial charge in [0.25, 0.3) is 0 Å². The van der Waals surface area contributed by atoms with Crippen molar-refractivity contribution in [2.45, 2.75) is 65.5 Å². The first-order valence-electron chi connectivity index (χ1n) is 6.89. The Morgan fingerprint density at radius 2 is 2.06 bits per heavy atom. The SMILES string of the molecule is CC(C)n1ncnc1C1(O)CCC(C)(C)CC1C.